The molecule has 0 radical (unpaired) electrons. The summed E-state index contributed by atoms with van der Waals surface area (Å²) in [4.78, 5) is 4.67. The Morgan fingerprint density at radius 2 is 2.35 bits per heavy atom. The van der Waals surface area contributed by atoms with Crippen LogP contribution in [-0.4, -0.2) is 9.55 Å². The van der Waals surface area contributed by atoms with Gasteiger partial charge in [0.15, 0.2) is 0 Å². The molecule has 1 aliphatic carbocycles. The Morgan fingerprint density at radius 1 is 1.55 bits per heavy atom. The first kappa shape index (κ1) is 13.5. The maximum atomic E-state index is 9.09. The Balaban J connectivity index is 2.11. The lowest BCUT2D eigenvalue weighted by molar-refractivity contribution is 0.597. The summed E-state index contributed by atoms with van der Waals surface area (Å²) < 4.78 is 2.27. The zero-order valence-electron chi connectivity index (χ0n) is 11.8. The molecule has 104 valence electrons. The number of halogens is 1. The van der Waals surface area contributed by atoms with Crippen molar-refractivity contribution in [1.29, 1.82) is 5.26 Å². The monoisotopic (exact) mass is 287 g/mol. The van der Waals surface area contributed by atoms with Crippen molar-refractivity contribution in [3.8, 4) is 6.07 Å². The van der Waals surface area contributed by atoms with E-state index < -0.39 is 0 Å². The molecule has 1 aliphatic rings. The van der Waals surface area contributed by atoms with Gasteiger partial charge in [-0.25, -0.2) is 4.98 Å². The number of nitriles is 1. The summed E-state index contributed by atoms with van der Waals surface area (Å²) in [6.45, 7) is 4.18. The van der Waals surface area contributed by atoms with Crippen LogP contribution in [-0.2, 0) is 0 Å². The molecule has 0 amide bonds. The van der Waals surface area contributed by atoms with Gasteiger partial charge in [0.2, 0.25) is 0 Å². The smallest absolute Gasteiger partial charge is 0.127 e. The zero-order chi connectivity index (χ0) is 14.3. The predicted octanol–water partition coefficient (Wildman–Crippen LogP) is 4.57. The van der Waals surface area contributed by atoms with E-state index in [1.807, 2.05) is 25.1 Å². The predicted molar refractivity (Wildman–Crippen MR) is 80.8 cm³/mol. The molecule has 20 heavy (non-hydrogen) atoms. The average molecular weight is 288 g/mol. The number of hydrogen-bond donors (Lipinski definition) is 0. The van der Waals surface area contributed by atoms with E-state index in [1.54, 1.807) is 0 Å². The SMILES string of the molecule is CCCC1CC1n1c(C(C)Cl)nc2ccc(C#N)cc21. The topological polar surface area (TPSA) is 41.6 Å². The van der Waals surface area contributed by atoms with Crippen LogP contribution >= 0.6 is 11.6 Å². The largest absolute Gasteiger partial charge is 0.323 e. The van der Waals surface area contributed by atoms with Gasteiger partial charge < -0.3 is 4.57 Å². The Kier molecular flexibility index (Phi) is 3.43. The first-order chi connectivity index (χ1) is 9.65. The van der Waals surface area contributed by atoms with E-state index in [9.17, 15) is 0 Å². The second-order valence-electron chi connectivity index (χ2n) is 5.62. The third-order valence-corrected chi connectivity index (χ3v) is 4.27. The van der Waals surface area contributed by atoms with Gasteiger partial charge in [-0.15, -0.1) is 11.6 Å². The van der Waals surface area contributed by atoms with Crippen LogP contribution in [0.25, 0.3) is 11.0 Å². The third-order valence-electron chi connectivity index (χ3n) is 4.08. The molecule has 3 atom stereocenters. The molecule has 0 spiro atoms. The molecule has 1 fully saturated rings. The lowest BCUT2D eigenvalue weighted by Gasteiger charge is -2.10. The average Bonchev–Trinajstić information content (AvgIpc) is 3.08. The van der Waals surface area contributed by atoms with Gasteiger partial charge in [-0.2, -0.15) is 5.26 Å². The summed E-state index contributed by atoms with van der Waals surface area (Å²) >= 11 is 6.30. The van der Waals surface area contributed by atoms with Crippen molar-refractivity contribution >= 4 is 22.6 Å². The molecule has 3 nitrogen and oxygen atoms in total. The second-order valence-corrected chi connectivity index (χ2v) is 6.28. The number of aromatic nitrogens is 2. The van der Waals surface area contributed by atoms with E-state index in [0.29, 0.717) is 11.6 Å². The number of fused-ring (bicyclic) bond motifs is 1. The molecule has 0 bridgehead atoms. The highest BCUT2D eigenvalue weighted by Crippen LogP contribution is 2.49. The fourth-order valence-corrected chi connectivity index (χ4v) is 3.19. The summed E-state index contributed by atoms with van der Waals surface area (Å²) in [5.41, 5.74) is 2.67. The minimum atomic E-state index is -0.115. The molecule has 0 N–H and O–H groups in total. The first-order valence-electron chi connectivity index (χ1n) is 7.21. The van der Waals surface area contributed by atoms with Crippen molar-refractivity contribution in [1.82, 2.24) is 9.55 Å². The van der Waals surface area contributed by atoms with Crippen LogP contribution in [0.3, 0.4) is 0 Å². The zero-order valence-corrected chi connectivity index (χ0v) is 12.6. The molecule has 2 aromatic rings. The molecule has 3 unspecified atom stereocenters. The molecular formula is C16H18ClN3. The molecule has 4 heteroatoms. The maximum absolute atomic E-state index is 9.09. The van der Waals surface area contributed by atoms with Crippen molar-refractivity contribution in [3.63, 3.8) is 0 Å². The van der Waals surface area contributed by atoms with Crippen LogP contribution < -0.4 is 0 Å². The molecule has 3 rings (SSSR count). The van der Waals surface area contributed by atoms with Gasteiger partial charge in [0, 0.05) is 6.04 Å². The molecule has 0 saturated heterocycles. The minimum absolute atomic E-state index is 0.115. The molecule has 1 aromatic carbocycles. The fourth-order valence-electron chi connectivity index (χ4n) is 3.04. The summed E-state index contributed by atoms with van der Waals surface area (Å²) in [6, 6.07) is 8.39. The quantitative estimate of drug-likeness (QED) is 0.773. The van der Waals surface area contributed by atoms with Gasteiger partial charge in [-0.1, -0.05) is 13.3 Å². The van der Waals surface area contributed by atoms with Crippen LogP contribution in [0.4, 0.5) is 0 Å². The van der Waals surface area contributed by atoms with Crippen molar-refractivity contribution in [2.45, 2.75) is 44.5 Å². The molecule has 1 heterocycles. The Labute approximate surface area is 124 Å². The van der Waals surface area contributed by atoms with Crippen molar-refractivity contribution < 1.29 is 0 Å². The highest BCUT2D eigenvalue weighted by Gasteiger charge is 2.40. The summed E-state index contributed by atoms with van der Waals surface area (Å²) in [5, 5.41) is 8.97. The van der Waals surface area contributed by atoms with Crippen molar-refractivity contribution in [2.75, 3.05) is 0 Å². The minimum Gasteiger partial charge on any atom is -0.323 e. The normalized spacial score (nSPS) is 22.7. The van der Waals surface area contributed by atoms with Gasteiger partial charge in [0.05, 0.1) is 28.0 Å². The summed E-state index contributed by atoms with van der Waals surface area (Å²) in [7, 11) is 0. The lowest BCUT2D eigenvalue weighted by atomic mass is 10.2. The standard InChI is InChI=1S/C16H18ClN3/c1-3-4-12-8-14(12)20-15-7-11(9-18)5-6-13(15)19-16(20)10(2)17/h5-7,10,12,14H,3-4,8H2,1-2H3. The van der Waals surface area contributed by atoms with Crippen LogP contribution in [0.2, 0.25) is 0 Å². The van der Waals surface area contributed by atoms with E-state index in [0.717, 1.165) is 22.8 Å². The Bertz CT molecular complexity index is 681. The molecule has 1 saturated carbocycles. The van der Waals surface area contributed by atoms with Crippen LogP contribution in [0.15, 0.2) is 18.2 Å². The van der Waals surface area contributed by atoms with Gasteiger partial charge in [0.1, 0.15) is 5.82 Å². The van der Waals surface area contributed by atoms with E-state index >= 15 is 0 Å². The molecule has 1 aromatic heterocycles. The molecular weight excluding hydrogens is 270 g/mol. The van der Waals surface area contributed by atoms with E-state index in [-0.39, 0.29) is 5.38 Å². The first-order valence-corrected chi connectivity index (χ1v) is 7.65. The summed E-state index contributed by atoms with van der Waals surface area (Å²) in [6.07, 6.45) is 3.66. The Morgan fingerprint density at radius 3 is 3.00 bits per heavy atom. The van der Waals surface area contributed by atoms with Gasteiger partial charge in [-0.3, -0.25) is 0 Å². The second kappa shape index (κ2) is 5.10. The van der Waals surface area contributed by atoms with Gasteiger partial charge >= 0.3 is 0 Å². The van der Waals surface area contributed by atoms with E-state index in [2.05, 4.69) is 22.5 Å². The van der Waals surface area contributed by atoms with Gasteiger partial charge in [-0.05, 0) is 43.9 Å². The van der Waals surface area contributed by atoms with E-state index in [1.165, 1.54) is 19.3 Å². The Hall–Kier alpha value is -1.53. The fraction of sp³-hybridized carbons (Fsp3) is 0.500. The maximum Gasteiger partial charge on any atom is 0.127 e. The molecule has 0 aliphatic heterocycles. The van der Waals surface area contributed by atoms with Crippen LogP contribution in [0.1, 0.15) is 55.9 Å². The summed E-state index contributed by atoms with van der Waals surface area (Å²) in [5.74, 6) is 1.66. The number of nitrogens with zero attached hydrogens (tertiary/aromatic N) is 3. The van der Waals surface area contributed by atoms with Crippen molar-refractivity contribution in [3.05, 3.63) is 29.6 Å². The number of hydrogen-bond acceptors (Lipinski definition) is 2. The van der Waals surface area contributed by atoms with Gasteiger partial charge in [0.25, 0.3) is 0 Å². The highest BCUT2D eigenvalue weighted by atomic mass is 35.5. The number of rotatable bonds is 4. The lowest BCUT2D eigenvalue weighted by Crippen LogP contribution is -2.04. The van der Waals surface area contributed by atoms with Crippen molar-refractivity contribution in [2.24, 2.45) is 5.92 Å². The number of benzene rings is 1. The van der Waals surface area contributed by atoms with Crippen LogP contribution in [0.5, 0.6) is 0 Å². The highest BCUT2D eigenvalue weighted by molar-refractivity contribution is 6.20. The van der Waals surface area contributed by atoms with E-state index in [4.69, 9.17) is 16.9 Å². The van der Waals surface area contributed by atoms with Crippen LogP contribution in [0, 0.1) is 17.2 Å². The third kappa shape index (κ3) is 2.19. The number of alkyl halides is 1. The number of imidazole rings is 1.